The molecular weight excluding hydrogens is 392 g/mol. The molecule has 0 radical (unpaired) electrons. The number of aromatic hydroxyl groups is 1. The van der Waals surface area contributed by atoms with Gasteiger partial charge in [-0.2, -0.15) is 20.5 Å². The smallest absolute Gasteiger partial charge is 0.229 e. The molecule has 8 nitrogen and oxygen atoms in total. The van der Waals surface area contributed by atoms with Crippen molar-refractivity contribution in [2.24, 2.45) is 20.5 Å². The number of aromatic nitrogens is 1. The molecule has 0 saturated carbocycles. The molecule has 154 valence electrons. The quantitative estimate of drug-likeness (QED) is 0.347. The number of anilines is 1. The van der Waals surface area contributed by atoms with E-state index in [0.717, 1.165) is 11.4 Å². The summed E-state index contributed by atoms with van der Waals surface area (Å²) in [6.07, 6.45) is 2.97. The maximum Gasteiger partial charge on any atom is 0.229 e. The Morgan fingerprint density at radius 1 is 0.742 bits per heavy atom. The van der Waals surface area contributed by atoms with Gasteiger partial charge in [-0.25, -0.2) is 4.98 Å². The normalized spacial score (nSPS) is 11.4. The van der Waals surface area contributed by atoms with E-state index in [0.29, 0.717) is 28.5 Å². The minimum Gasteiger partial charge on any atom is -0.507 e. The second kappa shape index (κ2) is 9.00. The van der Waals surface area contributed by atoms with Crippen molar-refractivity contribution in [1.82, 2.24) is 4.98 Å². The van der Waals surface area contributed by atoms with Gasteiger partial charge in [0.1, 0.15) is 12.0 Å². The van der Waals surface area contributed by atoms with Gasteiger partial charge >= 0.3 is 0 Å². The van der Waals surface area contributed by atoms with Crippen LogP contribution in [0.3, 0.4) is 0 Å². The van der Waals surface area contributed by atoms with Gasteiger partial charge in [-0.15, -0.1) is 0 Å². The molecule has 1 heterocycles. The Morgan fingerprint density at radius 3 is 1.74 bits per heavy atom. The van der Waals surface area contributed by atoms with Gasteiger partial charge in [0.25, 0.3) is 0 Å². The maximum absolute atomic E-state index is 10.2. The van der Waals surface area contributed by atoms with Gasteiger partial charge < -0.3 is 14.4 Å². The molecule has 0 atom stereocenters. The minimum absolute atomic E-state index is 0.0215. The molecule has 0 aliphatic heterocycles. The number of hydrogen-bond donors (Lipinski definition) is 1. The molecule has 0 aliphatic rings. The van der Waals surface area contributed by atoms with Crippen molar-refractivity contribution in [3.05, 3.63) is 79.2 Å². The van der Waals surface area contributed by atoms with Crippen molar-refractivity contribution in [1.29, 1.82) is 0 Å². The lowest BCUT2D eigenvalue weighted by atomic mass is 10.2. The lowest BCUT2D eigenvalue weighted by Crippen LogP contribution is -2.07. The van der Waals surface area contributed by atoms with Crippen LogP contribution >= 0.6 is 0 Å². The SMILES string of the molecule is CN(C)c1ccc(N=Nc2ccc(N=Nc3ccc(-c4ncco4)c(O)c3)cc2)cc1. The third kappa shape index (κ3) is 4.99. The van der Waals surface area contributed by atoms with Gasteiger partial charge in [-0.3, -0.25) is 0 Å². The monoisotopic (exact) mass is 412 g/mol. The third-order valence-electron chi connectivity index (χ3n) is 4.42. The number of hydrogen-bond acceptors (Lipinski definition) is 8. The lowest BCUT2D eigenvalue weighted by molar-refractivity contribution is 0.473. The Kier molecular flexibility index (Phi) is 5.79. The van der Waals surface area contributed by atoms with Crippen LogP contribution in [0, 0.1) is 0 Å². The van der Waals surface area contributed by atoms with Gasteiger partial charge in [-0.1, -0.05) is 0 Å². The number of phenols is 1. The van der Waals surface area contributed by atoms with Crippen LogP contribution in [-0.4, -0.2) is 24.2 Å². The van der Waals surface area contributed by atoms with Gasteiger partial charge in [0.05, 0.1) is 34.5 Å². The average molecular weight is 412 g/mol. The summed E-state index contributed by atoms with van der Waals surface area (Å²) in [7, 11) is 3.98. The largest absolute Gasteiger partial charge is 0.507 e. The molecule has 1 N–H and O–H groups in total. The summed E-state index contributed by atoms with van der Waals surface area (Å²) >= 11 is 0. The second-order valence-electron chi connectivity index (χ2n) is 6.87. The second-order valence-corrected chi connectivity index (χ2v) is 6.87. The fourth-order valence-electron chi connectivity index (χ4n) is 2.75. The van der Waals surface area contributed by atoms with Crippen molar-refractivity contribution in [3.8, 4) is 17.2 Å². The Bertz CT molecular complexity index is 1200. The molecule has 8 heteroatoms. The van der Waals surface area contributed by atoms with Crippen LogP contribution in [0.5, 0.6) is 5.75 Å². The average Bonchev–Trinajstić information content (AvgIpc) is 3.32. The van der Waals surface area contributed by atoms with Crippen LogP contribution in [0.4, 0.5) is 28.4 Å². The number of oxazole rings is 1. The first-order valence-corrected chi connectivity index (χ1v) is 9.52. The predicted octanol–water partition coefficient (Wildman–Crippen LogP) is 6.94. The molecule has 3 aromatic carbocycles. The zero-order valence-corrected chi connectivity index (χ0v) is 17.0. The summed E-state index contributed by atoms with van der Waals surface area (Å²) in [5.41, 5.74) is 4.26. The molecule has 4 aromatic rings. The predicted molar refractivity (Wildman–Crippen MR) is 119 cm³/mol. The van der Waals surface area contributed by atoms with E-state index in [1.807, 2.05) is 55.4 Å². The van der Waals surface area contributed by atoms with E-state index in [4.69, 9.17) is 4.42 Å². The number of phenolic OH excluding ortho intramolecular Hbond substituents is 1. The standard InChI is InChI=1S/C23H20N6O2/c1-29(2)20-10-7-18(8-11-20)26-25-16-3-5-17(6-4-16)27-28-19-9-12-21(22(30)15-19)23-24-13-14-31-23/h3-15,30H,1-2H3. The van der Waals surface area contributed by atoms with Gasteiger partial charge in [0.15, 0.2) is 0 Å². The highest BCUT2D eigenvalue weighted by molar-refractivity contribution is 5.66. The van der Waals surface area contributed by atoms with Crippen LogP contribution in [0.15, 0.2) is 104 Å². The first kappa shape index (κ1) is 20.0. The van der Waals surface area contributed by atoms with Gasteiger partial charge in [0.2, 0.25) is 5.89 Å². The molecule has 0 spiro atoms. The highest BCUT2D eigenvalue weighted by atomic mass is 16.3. The zero-order valence-electron chi connectivity index (χ0n) is 17.0. The zero-order chi connectivity index (χ0) is 21.6. The van der Waals surface area contributed by atoms with E-state index >= 15 is 0 Å². The molecule has 4 rings (SSSR count). The molecule has 0 bridgehead atoms. The van der Waals surface area contributed by atoms with Crippen LogP contribution in [0.25, 0.3) is 11.5 Å². The van der Waals surface area contributed by atoms with Crippen molar-refractivity contribution in [3.63, 3.8) is 0 Å². The van der Waals surface area contributed by atoms with E-state index in [9.17, 15) is 5.11 Å². The molecule has 0 unspecified atom stereocenters. The summed E-state index contributed by atoms with van der Waals surface area (Å²) in [6.45, 7) is 0. The van der Waals surface area contributed by atoms with E-state index in [1.165, 1.54) is 18.5 Å². The molecule has 0 fully saturated rings. The van der Waals surface area contributed by atoms with Crippen molar-refractivity contribution < 1.29 is 9.52 Å². The molecule has 0 aliphatic carbocycles. The fourth-order valence-corrected chi connectivity index (χ4v) is 2.75. The highest BCUT2D eigenvalue weighted by Gasteiger charge is 2.09. The van der Waals surface area contributed by atoms with Crippen LogP contribution in [0.1, 0.15) is 0 Å². The summed E-state index contributed by atoms with van der Waals surface area (Å²) in [5.74, 6) is 0.368. The Morgan fingerprint density at radius 2 is 1.26 bits per heavy atom. The van der Waals surface area contributed by atoms with E-state index in [1.54, 1.807) is 24.3 Å². The van der Waals surface area contributed by atoms with Gasteiger partial charge in [0, 0.05) is 25.8 Å². The van der Waals surface area contributed by atoms with E-state index < -0.39 is 0 Å². The Hall–Kier alpha value is -4.33. The van der Waals surface area contributed by atoms with Crippen molar-refractivity contribution >= 4 is 28.4 Å². The van der Waals surface area contributed by atoms with Crippen LogP contribution in [0.2, 0.25) is 0 Å². The first-order chi connectivity index (χ1) is 15.1. The van der Waals surface area contributed by atoms with Crippen molar-refractivity contribution in [2.75, 3.05) is 19.0 Å². The molecular formula is C23H20N6O2. The third-order valence-corrected chi connectivity index (χ3v) is 4.42. The summed E-state index contributed by atoms with van der Waals surface area (Å²) in [4.78, 5) is 6.05. The summed E-state index contributed by atoms with van der Waals surface area (Å²) in [6, 6.07) is 20.0. The van der Waals surface area contributed by atoms with Gasteiger partial charge in [-0.05, 0) is 60.7 Å². The van der Waals surface area contributed by atoms with E-state index in [-0.39, 0.29) is 5.75 Å². The number of rotatable bonds is 6. The maximum atomic E-state index is 10.2. The number of benzene rings is 3. The minimum atomic E-state index is 0.0215. The fraction of sp³-hybridized carbons (Fsp3) is 0.0870. The van der Waals surface area contributed by atoms with Crippen molar-refractivity contribution in [2.45, 2.75) is 0 Å². The van der Waals surface area contributed by atoms with Crippen LogP contribution in [-0.2, 0) is 0 Å². The molecule has 1 aromatic heterocycles. The number of azo groups is 2. The summed E-state index contributed by atoms with van der Waals surface area (Å²) < 4.78 is 5.20. The Balaban J connectivity index is 1.41. The molecule has 0 amide bonds. The van der Waals surface area contributed by atoms with E-state index in [2.05, 4.69) is 25.4 Å². The Labute approximate surface area is 179 Å². The van der Waals surface area contributed by atoms with Crippen LogP contribution < -0.4 is 4.90 Å². The molecule has 0 saturated heterocycles. The topological polar surface area (TPSA) is 98.9 Å². The molecule has 31 heavy (non-hydrogen) atoms. The summed E-state index contributed by atoms with van der Waals surface area (Å²) in [5, 5.41) is 27.0. The highest BCUT2D eigenvalue weighted by Crippen LogP contribution is 2.32. The first-order valence-electron chi connectivity index (χ1n) is 9.52. The number of nitrogens with zero attached hydrogens (tertiary/aromatic N) is 6. The lowest BCUT2D eigenvalue weighted by Gasteiger charge is -2.11.